The van der Waals surface area contributed by atoms with Gasteiger partial charge in [0.25, 0.3) is 0 Å². The van der Waals surface area contributed by atoms with Crippen molar-refractivity contribution in [3.63, 3.8) is 0 Å². The summed E-state index contributed by atoms with van der Waals surface area (Å²) in [6.07, 6.45) is 13.1. The number of nitrogens with one attached hydrogen (secondary N) is 1. The van der Waals surface area contributed by atoms with Crippen LogP contribution in [-0.4, -0.2) is 45.4 Å². The van der Waals surface area contributed by atoms with Crippen LogP contribution in [0.1, 0.15) is 76.1 Å². The molecule has 148 valence electrons. The molecule has 1 aliphatic heterocycles. The summed E-state index contributed by atoms with van der Waals surface area (Å²) in [6, 6.07) is 0.707. The van der Waals surface area contributed by atoms with Crippen molar-refractivity contribution in [1.82, 2.24) is 25.5 Å². The number of carbonyl (C=O) groups excluding carboxylic acids is 1. The minimum atomic E-state index is 0.0433. The second-order valence-corrected chi connectivity index (χ2v) is 8.25. The van der Waals surface area contributed by atoms with Crippen molar-refractivity contribution in [3.8, 4) is 0 Å². The van der Waals surface area contributed by atoms with Crippen LogP contribution in [0.2, 0.25) is 0 Å². The van der Waals surface area contributed by atoms with Gasteiger partial charge in [0.05, 0.1) is 12.6 Å². The Hall–Kier alpha value is -1.76. The van der Waals surface area contributed by atoms with E-state index in [1.165, 1.54) is 32.1 Å². The molecule has 1 N–H and O–H groups in total. The van der Waals surface area contributed by atoms with Crippen molar-refractivity contribution in [1.29, 1.82) is 0 Å². The number of aromatic nitrogens is 4. The van der Waals surface area contributed by atoms with E-state index >= 15 is 0 Å². The second kappa shape index (κ2) is 8.50. The molecule has 0 aromatic carbocycles. The van der Waals surface area contributed by atoms with E-state index in [9.17, 15) is 4.79 Å². The van der Waals surface area contributed by atoms with E-state index in [4.69, 9.17) is 4.74 Å². The summed E-state index contributed by atoms with van der Waals surface area (Å²) in [5.74, 6) is 2.15. The van der Waals surface area contributed by atoms with Crippen LogP contribution in [0, 0.1) is 11.8 Å². The molecule has 0 saturated heterocycles. The zero-order chi connectivity index (χ0) is 18.6. The van der Waals surface area contributed by atoms with Crippen molar-refractivity contribution in [2.45, 2.75) is 76.3 Å². The van der Waals surface area contributed by atoms with Gasteiger partial charge in [0.15, 0.2) is 5.82 Å². The lowest BCUT2D eigenvalue weighted by Crippen LogP contribution is -2.46. The van der Waals surface area contributed by atoms with E-state index in [0.717, 1.165) is 25.1 Å². The molecule has 4 atom stereocenters. The molecule has 2 aliphatic carbocycles. The van der Waals surface area contributed by atoms with Gasteiger partial charge in [-0.05, 0) is 67.4 Å². The number of carbonyl (C=O) groups is 1. The molecule has 3 aliphatic rings. The van der Waals surface area contributed by atoms with Crippen LogP contribution in [0.5, 0.6) is 0 Å². The summed E-state index contributed by atoms with van der Waals surface area (Å²) in [4.78, 5) is 11.6. The molecular formula is C20H31N5O2. The van der Waals surface area contributed by atoms with Crippen LogP contribution in [-0.2, 0) is 9.53 Å². The Labute approximate surface area is 160 Å². The number of rotatable bonds is 6. The number of hydrogen-bond acceptors (Lipinski definition) is 5. The number of amides is 1. The van der Waals surface area contributed by atoms with E-state index in [0.29, 0.717) is 31.1 Å². The molecule has 2 saturated carbocycles. The van der Waals surface area contributed by atoms with Gasteiger partial charge in [0.1, 0.15) is 0 Å². The highest BCUT2D eigenvalue weighted by Crippen LogP contribution is 2.41. The van der Waals surface area contributed by atoms with Gasteiger partial charge in [0, 0.05) is 18.6 Å². The van der Waals surface area contributed by atoms with Crippen LogP contribution in [0.15, 0.2) is 12.2 Å². The molecule has 7 nitrogen and oxygen atoms in total. The predicted octanol–water partition coefficient (Wildman–Crippen LogP) is 2.77. The van der Waals surface area contributed by atoms with Gasteiger partial charge in [-0.15, -0.1) is 5.10 Å². The van der Waals surface area contributed by atoms with Gasteiger partial charge in [-0.25, -0.2) is 4.68 Å². The molecule has 1 aromatic heterocycles. The smallest absolute Gasteiger partial charge is 0.243 e. The Morgan fingerprint density at radius 1 is 1.26 bits per heavy atom. The minimum absolute atomic E-state index is 0.0433. The summed E-state index contributed by atoms with van der Waals surface area (Å²) < 4.78 is 7.98. The third-order valence-corrected chi connectivity index (χ3v) is 6.60. The van der Waals surface area contributed by atoms with E-state index in [1.807, 2.05) is 6.92 Å². The summed E-state index contributed by atoms with van der Waals surface area (Å²) in [7, 11) is 0. The van der Waals surface area contributed by atoms with Crippen LogP contribution >= 0.6 is 0 Å². The molecule has 1 aromatic rings. The average molecular weight is 374 g/mol. The normalized spacial score (nSPS) is 30.0. The quantitative estimate of drug-likeness (QED) is 0.829. The SMILES string of the molecule is CCOCC(c1nnnn1C1CCCCC1)C1CCC2NC(=O)C=CC2C1. The van der Waals surface area contributed by atoms with Crippen LogP contribution in [0.3, 0.4) is 0 Å². The van der Waals surface area contributed by atoms with Crippen LogP contribution < -0.4 is 5.32 Å². The maximum Gasteiger partial charge on any atom is 0.243 e. The molecule has 2 heterocycles. The van der Waals surface area contributed by atoms with Gasteiger partial charge >= 0.3 is 0 Å². The molecule has 0 spiro atoms. The average Bonchev–Trinajstić information content (AvgIpc) is 3.18. The van der Waals surface area contributed by atoms with Crippen molar-refractivity contribution in [2.75, 3.05) is 13.2 Å². The molecule has 0 radical (unpaired) electrons. The standard InChI is InChI=1S/C20H31N5O2/c1-2-27-13-17(14-8-10-18-15(12-14)9-11-19(26)21-18)20-22-23-24-25(20)16-6-4-3-5-7-16/h9,11,14-18H,2-8,10,12-13H2,1H3,(H,21,26). The van der Waals surface area contributed by atoms with Gasteiger partial charge < -0.3 is 10.1 Å². The van der Waals surface area contributed by atoms with E-state index in [-0.39, 0.29) is 17.9 Å². The molecular weight excluding hydrogens is 342 g/mol. The molecule has 7 heteroatoms. The number of nitrogens with zero attached hydrogens (tertiary/aromatic N) is 4. The largest absolute Gasteiger partial charge is 0.381 e. The topological polar surface area (TPSA) is 81.9 Å². The maximum atomic E-state index is 11.6. The Morgan fingerprint density at radius 2 is 2.11 bits per heavy atom. The fourth-order valence-corrected chi connectivity index (χ4v) is 5.14. The first-order valence-electron chi connectivity index (χ1n) is 10.6. The zero-order valence-electron chi connectivity index (χ0n) is 16.2. The monoisotopic (exact) mass is 373 g/mol. The lowest BCUT2D eigenvalue weighted by Gasteiger charge is -2.39. The first-order valence-corrected chi connectivity index (χ1v) is 10.6. The van der Waals surface area contributed by atoms with Crippen LogP contribution in [0.25, 0.3) is 0 Å². The van der Waals surface area contributed by atoms with E-state index < -0.39 is 0 Å². The summed E-state index contributed by atoms with van der Waals surface area (Å²) in [5.41, 5.74) is 0. The number of hydrogen-bond donors (Lipinski definition) is 1. The first kappa shape index (κ1) is 18.6. The molecule has 4 rings (SSSR count). The van der Waals surface area contributed by atoms with Gasteiger partial charge in [-0.2, -0.15) is 0 Å². The second-order valence-electron chi connectivity index (χ2n) is 8.25. The summed E-state index contributed by atoms with van der Waals surface area (Å²) in [5, 5.41) is 16.0. The Balaban J connectivity index is 1.54. The van der Waals surface area contributed by atoms with Gasteiger partial charge in [-0.1, -0.05) is 25.3 Å². The van der Waals surface area contributed by atoms with Crippen LogP contribution in [0.4, 0.5) is 0 Å². The summed E-state index contributed by atoms with van der Waals surface area (Å²) in [6.45, 7) is 3.41. The first-order chi connectivity index (χ1) is 13.3. The number of fused-ring (bicyclic) bond motifs is 1. The van der Waals surface area contributed by atoms with Crippen molar-refractivity contribution in [3.05, 3.63) is 18.0 Å². The lowest BCUT2D eigenvalue weighted by atomic mass is 9.71. The fourth-order valence-electron chi connectivity index (χ4n) is 5.14. The maximum absolute atomic E-state index is 11.6. The van der Waals surface area contributed by atoms with Crippen molar-refractivity contribution in [2.24, 2.45) is 11.8 Å². The molecule has 4 unspecified atom stereocenters. The fraction of sp³-hybridized carbons (Fsp3) is 0.800. The van der Waals surface area contributed by atoms with E-state index in [2.05, 4.69) is 31.6 Å². The molecule has 2 fully saturated rings. The summed E-state index contributed by atoms with van der Waals surface area (Å²) >= 11 is 0. The lowest BCUT2D eigenvalue weighted by molar-refractivity contribution is -0.118. The Bertz CT molecular complexity index is 667. The third kappa shape index (κ3) is 4.08. The zero-order valence-corrected chi connectivity index (χ0v) is 16.2. The number of ether oxygens (including phenoxy) is 1. The Kier molecular flexibility index (Phi) is 5.86. The predicted molar refractivity (Wildman–Crippen MR) is 101 cm³/mol. The Morgan fingerprint density at radius 3 is 2.93 bits per heavy atom. The van der Waals surface area contributed by atoms with E-state index in [1.54, 1.807) is 6.08 Å². The van der Waals surface area contributed by atoms with Gasteiger partial charge in [0.2, 0.25) is 5.91 Å². The van der Waals surface area contributed by atoms with Crippen molar-refractivity contribution >= 4 is 5.91 Å². The highest BCUT2D eigenvalue weighted by atomic mass is 16.5. The minimum Gasteiger partial charge on any atom is -0.381 e. The molecule has 0 bridgehead atoms. The van der Waals surface area contributed by atoms with Gasteiger partial charge in [-0.3, -0.25) is 4.79 Å². The molecule has 1 amide bonds. The number of tetrazole rings is 1. The van der Waals surface area contributed by atoms with Crippen molar-refractivity contribution < 1.29 is 9.53 Å². The third-order valence-electron chi connectivity index (χ3n) is 6.60. The molecule has 27 heavy (non-hydrogen) atoms. The highest BCUT2D eigenvalue weighted by Gasteiger charge is 2.38. The highest BCUT2D eigenvalue weighted by molar-refractivity contribution is 5.88.